The second-order valence-corrected chi connectivity index (χ2v) is 8.43. The van der Waals surface area contributed by atoms with Crippen molar-refractivity contribution in [3.63, 3.8) is 0 Å². The van der Waals surface area contributed by atoms with Crippen LogP contribution in [0.25, 0.3) is 0 Å². The number of carbonyl (C=O) groups excluding carboxylic acids is 2. The van der Waals surface area contributed by atoms with Gasteiger partial charge < -0.3 is 9.47 Å². The summed E-state index contributed by atoms with van der Waals surface area (Å²) >= 11 is 0. The van der Waals surface area contributed by atoms with E-state index in [0.717, 1.165) is 0 Å². The average molecular weight is 363 g/mol. The largest absolute Gasteiger partial charge is 0.462 e. The highest BCUT2D eigenvalue weighted by Gasteiger charge is 2.31. The summed E-state index contributed by atoms with van der Waals surface area (Å²) in [5, 5.41) is 0. The first-order chi connectivity index (χ1) is 11.9. The van der Waals surface area contributed by atoms with Crippen molar-refractivity contribution in [2.45, 2.75) is 79.4 Å². The van der Waals surface area contributed by atoms with Crippen molar-refractivity contribution in [1.29, 1.82) is 0 Å². The minimum atomic E-state index is -0.560. The predicted molar refractivity (Wildman–Crippen MR) is 104 cm³/mol. The Morgan fingerprint density at radius 1 is 1.04 bits per heavy atom. The number of benzene rings is 1. The Hall–Kier alpha value is -1.84. The standard InChI is InChI=1S/C22H34O4/c1-14(2)19(13-20(23)26-22(6,7)8)21(24)25-17(5)16(4)18-12-10-9-11-15(18)3/h9-12,14,16-17,19H,13H2,1-8H3/t16-,17-,19-/m0/s1. The van der Waals surface area contributed by atoms with Gasteiger partial charge in [0.25, 0.3) is 0 Å². The van der Waals surface area contributed by atoms with E-state index in [2.05, 4.69) is 26.0 Å². The first-order valence-corrected chi connectivity index (χ1v) is 9.40. The van der Waals surface area contributed by atoms with Crippen molar-refractivity contribution in [3.8, 4) is 0 Å². The lowest BCUT2D eigenvalue weighted by Gasteiger charge is -2.27. The van der Waals surface area contributed by atoms with E-state index in [-0.39, 0.29) is 36.3 Å². The van der Waals surface area contributed by atoms with Gasteiger partial charge in [0.15, 0.2) is 0 Å². The summed E-state index contributed by atoms with van der Waals surface area (Å²) in [7, 11) is 0. The van der Waals surface area contributed by atoms with Crippen molar-refractivity contribution >= 4 is 11.9 Å². The zero-order chi connectivity index (χ0) is 20.1. The summed E-state index contributed by atoms with van der Waals surface area (Å²) < 4.78 is 11.1. The van der Waals surface area contributed by atoms with Gasteiger partial charge >= 0.3 is 11.9 Å². The van der Waals surface area contributed by atoms with E-state index < -0.39 is 11.5 Å². The van der Waals surface area contributed by atoms with Crippen LogP contribution in [0.1, 0.15) is 71.9 Å². The maximum Gasteiger partial charge on any atom is 0.310 e. The van der Waals surface area contributed by atoms with E-state index >= 15 is 0 Å². The molecular weight excluding hydrogens is 328 g/mol. The highest BCUT2D eigenvalue weighted by atomic mass is 16.6. The van der Waals surface area contributed by atoms with Gasteiger partial charge in [0.05, 0.1) is 12.3 Å². The summed E-state index contributed by atoms with van der Waals surface area (Å²) in [6.07, 6.45) is -0.234. The molecule has 0 N–H and O–H groups in total. The van der Waals surface area contributed by atoms with Crippen LogP contribution >= 0.6 is 0 Å². The monoisotopic (exact) mass is 362 g/mol. The zero-order valence-corrected chi connectivity index (χ0v) is 17.5. The summed E-state index contributed by atoms with van der Waals surface area (Å²) in [4.78, 5) is 24.8. The van der Waals surface area contributed by atoms with E-state index in [9.17, 15) is 9.59 Å². The molecule has 3 atom stereocenters. The Balaban J connectivity index is 2.77. The molecule has 0 aromatic heterocycles. The minimum absolute atomic E-state index is 0.00372. The first-order valence-electron chi connectivity index (χ1n) is 9.40. The highest BCUT2D eigenvalue weighted by Crippen LogP contribution is 2.27. The van der Waals surface area contributed by atoms with E-state index in [1.54, 1.807) is 0 Å². The predicted octanol–water partition coefficient (Wildman–Crippen LogP) is 5.03. The fourth-order valence-corrected chi connectivity index (χ4v) is 2.88. The van der Waals surface area contributed by atoms with Crippen molar-refractivity contribution in [1.82, 2.24) is 0 Å². The van der Waals surface area contributed by atoms with Crippen LogP contribution in [0.15, 0.2) is 24.3 Å². The van der Waals surface area contributed by atoms with Gasteiger partial charge in [-0.15, -0.1) is 0 Å². The molecule has 0 heterocycles. The molecule has 0 saturated heterocycles. The molecule has 4 nitrogen and oxygen atoms in total. The Labute approximate surface area is 158 Å². The molecule has 0 bridgehead atoms. The maximum atomic E-state index is 12.7. The number of carbonyl (C=O) groups is 2. The third-order valence-electron chi connectivity index (χ3n) is 4.60. The summed E-state index contributed by atoms with van der Waals surface area (Å²) in [5.41, 5.74) is 1.79. The Kier molecular flexibility index (Phi) is 7.86. The van der Waals surface area contributed by atoms with Gasteiger partial charge in [-0.2, -0.15) is 0 Å². The summed E-state index contributed by atoms with van der Waals surface area (Å²) in [5.74, 6) is -1.13. The van der Waals surface area contributed by atoms with Crippen molar-refractivity contribution < 1.29 is 19.1 Å². The molecule has 0 aliphatic carbocycles. The molecule has 1 aromatic carbocycles. The van der Waals surface area contributed by atoms with Gasteiger partial charge in [0, 0.05) is 5.92 Å². The Morgan fingerprint density at radius 2 is 1.62 bits per heavy atom. The second kappa shape index (κ2) is 9.20. The van der Waals surface area contributed by atoms with Gasteiger partial charge in [-0.25, -0.2) is 0 Å². The molecule has 0 spiro atoms. The third-order valence-corrected chi connectivity index (χ3v) is 4.60. The minimum Gasteiger partial charge on any atom is -0.462 e. The number of esters is 2. The number of aryl methyl sites for hydroxylation is 1. The van der Waals surface area contributed by atoms with E-state index in [0.29, 0.717) is 0 Å². The first kappa shape index (κ1) is 22.2. The molecular formula is C22H34O4. The molecule has 26 heavy (non-hydrogen) atoms. The summed E-state index contributed by atoms with van der Waals surface area (Å²) in [6.45, 7) is 15.3. The molecule has 0 unspecified atom stereocenters. The van der Waals surface area contributed by atoms with Crippen LogP contribution < -0.4 is 0 Å². The highest BCUT2D eigenvalue weighted by molar-refractivity contribution is 5.80. The lowest BCUT2D eigenvalue weighted by Crippen LogP contribution is -2.32. The molecule has 146 valence electrons. The number of rotatable bonds is 7. The number of hydrogen-bond donors (Lipinski definition) is 0. The zero-order valence-electron chi connectivity index (χ0n) is 17.5. The topological polar surface area (TPSA) is 52.6 Å². The molecule has 1 rings (SSSR count). The Morgan fingerprint density at radius 3 is 2.12 bits per heavy atom. The quantitative estimate of drug-likeness (QED) is 0.638. The molecule has 4 heteroatoms. The number of ether oxygens (including phenoxy) is 2. The smallest absolute Gasteiger partial charge is 0.310 e. The van der Waals surface area contributed by atoms with Gasteiger partial charge in [-0.05, 0) is 51.7 Å². The lowest BCUT2D eigenvalue weighted by molar-refractivity contribution is -0.165. The normalized spacial score (nSPS) is 15.3. The summed E-state index contributed by atoms with van der Waals surface area (Å²) in [6, 6.07) is 8.11. The van der Waals surface area contributed by atoms with Crippen LogP contribution in [-0.4, -0.2) is 23.6 Å². The van der Waals surface area contributed by atoms with Crippen LogP contribution in [-0.2, 0) is 19.1 Å². The third kappa shape index (κ3) is 6.81. The molecule has 0 fully saturated rings. The molecule has 0 aliphatic heterocycles. The average Bonchev–Trinajstić information content (AvgIpc) is 2.50. The molecule has 0 saturated carbocycles. The SMILES string of the molecule is Cc1ccccc1[C@@H](C)[C@H](C)OC(=O)[C@@H](CC(=O)OC(C)(C)C)C(C)C. The van der Waals surface area contributed by atoms with Crippen LogP contribution in [0.4, 0.5) is 0 Å². The van der Waals surface area contributed by atoms with Crippen LogP contribution in [0.5, 0.6) is 0 Å². The van der Waals surface area contributed by atoms with Gasteiger partial charge in [0.2, 0.25) is 0 Å². The fraction of sp³-hybridized carbons (Fsp3) is 0.636. The second-order valence-electron chi connectivity index (χ2n) is 8.43. The Bertz CT molecular complexity index is 613. The van der Waals surface area contributed by atoms with Gasteiger partial charge in [-0.1, -0.05) is 45.0 Å². The van der Waals surface area contributed by atoms with Crippen LogP contribution in [0, 0.1) is 18.8 Å². The molecule has 1 aromatic rings. The lowest BCUT2D eigenvalue weighted by atomic mass is 9.91. The van der Waals surface area contributed by atoms with Gasteiger partial charge in [0.1, 0.15) is 11.7 Å². The molecule has 0 aliphatic rings. The van der Waals surface area contributed by atoms with E-state index in [1.165, 1.54) is 11.1 Å². The van der Waals surface area contributed by atoms with Crippen molar-refractivity contribution in [3.05, 3.63) is 35.4 Å². The van der Waals surface area contributed by atoms with Gasteiger partial charge in [-0.3, -0.25) is 9.59 Å². The van der Waals surface area contributed by atoms with Crippen molar-refractivity contribution in [2.75, 3.05) is 0 Å². The number of hydrogen-bond acceptors (Lipinski definition) is 4. The van der Waals surface area contributed by atoms with Crippen LogP contribution in [0.3, 0.4) is 0 Å². The van der Waals surface area contributed by atoms with E-state index in [4.69, 9.17) is 9.47 Å². The van der Waals surface area contributed by atoms with E-state index in [1.807, 2.05) is 53.7 Å². The molecule has 0 amide bonds. The maximum absolute atomic E-state index is 12.7. The molecule has 0 radical (unpaired) electrons. The fourth-order valence-electron chi connectivity index (χ4n) is 2.88. The van der Waals surface area contributed by atoms with Crippen LogP contribution in [0.2, 0.25) is 0 Å². The van der Waals surface area contributed by atoms with Crippen molar-refractivity contribution in [2.24, 2.45) is 11.8 Å².